The summed E-state index contributed by atoms with van der Waals surface area (Å²) in [6, 6.07) is 15.8. The van der Waals surface area contributed by atoms with Gasteiger partial charge in [-0.3, -0.25) is 0 Å². The van der Waals surface area contributed by atoms with Crippen LogP contribution in [0.4, 0.5) is 11.4 Å². The van der Waals surface area contributed by atoms with Gasteiger partial charge < -0.3 is 27.2 Å². The van der Waals surface area contributed by atoms with Gasteiger partial charge in [-0.05, 0) is 43.3 Å². The lowest BCUT2D eigenvalue weighted by Gasteiger charge is -2.13. The van der Waals surface area contributed by atoms with Crippen LogP contribution in [0.1, 0.15) is 5.69 Å². The fraction of sp³-hybridized carbons (Fsp3) is 0.167. The SMILES string of the molecule is COc1ccc(Nc2cc(C)nc3c(OC)cccc23)cc1.[Cl-]. The summed E-state index contributed by atoms with van der Waals surface area (Å²) in [5, 5.41) is 4.47. The minimum atomic E-state index is 0. The van der Waals surface area contributed by atoms with Gasteiger partial charge in [0.25, 0.3) is 0 Å². The van der Waals surface area contributed by atoms with Gasteiger partial charge in [0.2, 0.25) is 0 Å². The number of nitrogens with zero attached hydrogens (tertiary/aromatic N) is 1. The van der Waals surface area contributed by atoms with Crippen LogP contribution in [0.5, 0.6) is 11.5 Å². The molecule has 0 aliphatic heterocycles. The van der Waals surface area contributed by atoms with Crippen molar-refractivity contribution < 1.29 is 21.9 Å². The molecule has 3 aromatic rings. The number of aromatic nitrogens is 1. The predicted octanol–water partition coefficient (Wildman–Crippen LogP) is 1.31. The molecule has 23 heavy (non-hydrogen) atoms. The summed E-state index contributed by atoms with van der Waals surface area (Å²) in [5.41, 5.74) is 3.80. The van der Waals surface area contributed by atoms with Gasteiger partial charge in [0.1, 0.15) is 17.0 Å². The second-order valence-corrected chi connectivity index (χ2v) is 5.02. The molecule has 0 radical (unpaired) electrons. The van der Waals surface area contributed by atoms with Crippen molar-refractivity contribution in [3.05, 3.63) is 54.2 Å². The zero-order valence-corrected chi connectivity index (χ0v) is 14.0. The zero-order chi connectivity index (χ0) is 15.5. The zero-order valence-electron chi connectivity index (χ0n) is 13.3. The number of fused-ring (bicyclic) bond motifs is 1. The maximum Gasteiger partial charge on any atom is 0.145 e. The molecule has 0 aliphatic carbocycles. The largest absolute Gasteiger partial charge is 1.00 e. The van der Waals surface area contributed by atoms with Crippen LogP contribution < -0.4 is 27.2 Å². The number of hydrogen-bond acceptors (Lipinski definition) is 4. The number of para-hydroxylation sites is 1. The molecule has 0 aliphatic rings. The predicted molar refractivity (Wildman–Crippen MR) is 89.3 cm³/mol. The maximum atomic E-state index is 5.41. The second kappa shape index (κ2) is 7.20. The molecular formula is C18H18ClN2O2-. The van der Waals surface area contributed by atoms with Crippen LogP contribution in [0.15, 0.2) is 48.5 Å². The molecule has 0 bridgehead atoms. The average molecular weight is 330 g/mol. The smallest absolute Gasteiger partial charge is 0.145 e. The molecule has 3 rings (SSSR count). The Kier molecular flexibility index (Phi) is 5.29. The molecule has 120 valence electrons. The van der Waals surface area contributed by atoms with E-state index < -0.39 is 0 Å². The van der Waals surface area contributed by atoms with E-state index in [1.165, 1.54) is 0 Å². The summed E-state index contributed by atoms with van der Waals surface area (Å²) >= 11 is 0. The lowest BCUT2D eigenvalue weighted by atomic mass is 10.1. The van der Waals surface area contributed by atoms with E-state index in [2.05, 4.69) is 10.3 Å². The van der Waals surface area contributed by atoms with E-state index in [1.54, 1.807) is 14.2 Å². The highest BCUT2D eigenvalue weighted by Gasteiger charge is 2.08. The van der Waals surface area contributed by atoms with Crippen molar-refractivity contribution in [2.45, 2.75) is 6.92 Å². The number of pyridine rings is 1. The second-order valence-electron chi connectivity index (χ2n) is 5.02. The molecule has 2 aromatic carbocycles. The molecule has 0 amide bonds. The number of benzene rings is 2. The van der Waals surface area contributed by atoms with Gasteiger partial charge in [0, 0.05) is 22.5 Å². The molecule has 4 nitrogen and oxygen atoms in total. The van der Waals surface area contributed by atoms with Crippen LogP contribution in [-0.4, -0.2) is 19.2 Å². The molecule has 5 heteroatoms. The number of ether oxygens (including phenoxy) is 2. The van der Waals surface area contributed by atoms with Crippen LogP contribution in [0.25, 0.3) is 10.9 Å². The highest BCUT2D eigenvalue weighted by molar-refractivity contribution is 5.96. The molecule has 0 atom stereocenters. The molecule has 1 N–H and O–H groups in total. The molecule has 1 aromatic heterocycles. The van der Waals surface area contributed by atoms with Crippen LogP contribution in [0, 0.1) is 6.92 Å². The van der Waals surface area contributed by atoms with Crippen molar-refractivity contribution in [1.82, 2.24) is 4.98 Å². The third-order valence-electron chi connectivity index (χ3n) is 3.52. The average Bonchev–Trinajstić information content (AvgIpc) is 2.55. The number of hydrogen-bond donors (Lipinski definition) is 1. The normalized spacial score (nSPS) is 10.0. The van der Waals surface area contributed by atoms with Crippen molar-refractivity contribution in [3.63, 3.8) is 0 Å². The highest BCUT2D eigenvalue weighted by Crippen LogP contribution is 2.31. The summed E-state index contributed by atoms with van der Waals surface area (Å²) in [6.45, 7) is 1.98. The summed E-state index contributed by atoms with van der Waals surface area (Å²) in [4.78, 5) is 4.59. The van der Waals surface area contributed by atoms with Crippen LogP contribution in [0.3, 0.4) is 0 Å². The monoisotopic (exact) mass is 329 g/mol. The van der Waals surface area contributed by atoms with Gasteiger partial charge in [0.15, 0.2) is 0 Å². The number of anilines is 2. The van der Waals surface area contributed by atoms with Crippen molar-refractivity contribution >= 4 is 22.3 Å². The van der Waals surface area contributed by atoms with Crippen molar-refractivity contribution in [1.29, 1.82) is 0 Å². The van der Waals surface area contributed by atoms with Gasteiger partial charge in [-0.2, -0.15) is 0 Å². The Labute approximate surface area is 141 Å². The standard InChI is InChI=1S/C18H18N2O2.ClH/c1-12-11-16(20-13-7-9-14(21-2)10-8-13)15-5-4-6-17(22-3)18(15)19-12;/h4-11H,1-3H3,(H,19,20);1H/p-1. The van der Waals surface area contributed by atoms with E-state index in [0.29, 0.717) is 0 Å². The fourth-order valence-electron chi connectivity index (χ4n) is 2.45. The van der Waals surface area contributed by atoms with Crippen molar-refractivity contribution in [2.24, 2.45) is 0 Å². The van der Waals surface area contributed by atoms with Crippen molar-refractivity contribution in [3.8, 4) is 11.5 Å². The molecule has 0 fully saturated rings. The molecule has 0 spiro atoms. The Morgan fingerprint density at radius 3 is 2.35 bits per heavy atom. The van der Waals surface area contributed by atoms with Gasteiger partial charge in [-0.1, -0.05) is 12.1 Å². The van der Waals surface area contributed by atoms with Crippen LogP contribution in [0.2, 0.25) is 0 Å². The quantitative estimate of drug-likeness (QED) is 0.784. The summed E-state index contributed by atoms with van der Waals surface area (Å²) < 4.78 is 10.6. The van der Waals surface area contributed by atoms with E-state index in [4.69, 9.17) is 9.47 Å². The minimum Gasteiger partial charge on any atom is -1.00 e. The number of halogens is 1. The third-order valence-corrected chi connectivity index (χ3v) is 3.52. The fourth-order valence-corrected chi connectivity index (χ4v) is 2.45. The molecule has 0 saturated carbocycles. The van der Waals surface area contributed by atoms with Gasteiger partial charge >= 0.3 is 0 Å². The molecule has 0 unspecified atom stereocenters. The maximum absolute atomic E-state index is 5.41. The van der Waals surface area contributed by atoms with E-state index in [0.717, 1.165) is 39.5 Å². The summed E-state index contributed by atoms with van der Waals surface area (Å²) in [5.74, 6) is 1.61. The Hall–Kier alpha value is -2.46. The molecule has 1 heterocycles. The van der Waals surface area contributed by atoms with Crippen LogP contribution in [-0.2, 0) is 0 Å². The molecule has 0 saturated heterocycles. The van der Waals surface area contributed by atoms with E-state index in [9.17, 15) is 0 Å². The van der Waals surface area contributed by atoms with Crippen LogP contribution >= 0.6 is 0 Å². The Balaban J connectivity index is 0.00000192. The number of rotatable bonds is 4. The lowest BCUT2D eigenvalue weighted by molar-refractivity contribution is -0.00000511. The van der Waals surface area contributed by atoms with Gasteiger partial charge in [0.05, 0.1) is 14.2 Å². The number of nitrogens with one attached hydrogen (secondary N) is 1. The topological polar surface area (TPSA) is 43.4 Å². The third kappa shape index (κ3) is 3.48. The van der Waals surface area contributed by atoms with E-state index in [1.807, 2.05) is 55.5 Å². The number of methoxy groups -OCH3 is 2. The van der Waals surface area contributed by atoms with Crippen molar-refractivity contribution in [2.75, 3.05) is 19.5 Å². The first-order valence-electron chi connectivity index (χ1n) is 7.06. The Bertz CT molecular complexity index is 804. The highest BCUT2D eigenvalue weighted by atomic mass is 35.5. The summed E-state index contributed by atoms with van der Waals surface area (Å²) in [7, 11) is 3.32. The van der Waals surface area contributed by atoms with E-state index in [-0.39, 0.29) is 12.4 Å². The first-order valence-corrected chi connectivity index (χ1v) is 7.06. The van der Waals surface area contributed by atoms with Gasteiger partial charge in [-0.15, -0.1) is 0 Å². The molecular weight excluding hydrogens is 312 g/mol. The number of aryl methyl sites for hydroxylation is 1. The first kappa shape index (κ1) is 16.9. The van der Waals surface area contributed by atoms with Gasteiger partial charge in [-0.25, -0.2) is 4.98 Å². The van der Waals surface area contributed by atoms with E-state index >= 15 is 0 Å². The Morgan fingerprint density at radius 2 is 1.70 bits per heavy atom. The summed E-state index contributed by atoms with van der Waals surface area (Å²) in [6.07, 6.45) is 0. The first-order chi connectivity index (χ1) is 10.7. The lowest BCUT2D eigenvalue weighted by Crippen LogP contribution is -3.00. The minimum absolute atomic E-state index is 0. The Morgan fingerprint density at radius 1 is 0.957 bits per heavy atom.